The highest BCUT2D eigenvalue weighted by molar-refractivity contribution is 7.99. The van der Waals surface area contributed by atoms with Crippen LogP contribution in [0.2, 0.25) is 0 Å². The van der Waals surface area contributed by atoms with Crippen molar-refractivity contribution in [1.29, 1.82) is 0 Å². The molecule has 3 aromatic rings. The molecule has 0 fully saturated rings. The van der Waals surface area contributed by atoms with E-state index in [0.29, 0.717) is 10.8 Å². The van der Waals surface area contributed by atoms with Gasteiger partial charge in [-0.05, 0) is 48.9 Å². The maximum Gasteiger partial charge on any atom is 0.283 e. The van der Waals surface area contributed by atoms with Gasteiger partial charge >= 0.3 is 0 Å². The Balaban J connectivity index is 1.91. The molecular weight excluding hydrogens is 314 g/mol. The lowest BCUT2D eigenvalue weighted by Gasteiger charge is -2.01. The van der Waals surface area contributed by atoms with Gasteiger partial charge in [0.2, 0.25) is 5.89 Å². The maximum absolute atomic E-state index is 11.2. The molecule has 1 heterocycles. The van der Waals surface area contributed by atoms with Crippen LogP contribution in [0.1, 0.15) is 11.1 Å². The molecule has 0 atom stereocenters. The van der Waals surface area contributed by atoms with E-state index in [0.717, 1.165) is 28.5 Å². The fourth-order valence-electron chi connectivity index (χ4n) is 2.12. The number of hydrogen-bond donors (Lipinski definition) is 0. The van der Waals surface area contributed by atoms with Crippen molar-refractivity contribution in [3.05, 3.63) is 63.7 Å². The Morgan fingerprint density at radius 1 is 1.13 bits per heavy atom. The Bertz CT molecular complexity index is 877. The van der Waals surface area contributed by atoms with Gasteiger partial charge < -0.3 is 4.42 Å². The van der Waals surface area contributed by atoms with E-state index >= 15 is 0 Å². The van der Waals surface area contributed by atoms with Crippen LogP contribution in [0.25, 0.3) is 11.5 Å². The second kappa shape index (κ2) is 6.21. The second-order valence-electron chi connectivity index (χ2n) is 5.02. The molecule has 0 bridgehead atoms. The Hall–Kier alpha value is -2.67. The number of nitro groups is 1. The van der Waals surface area contributed by atoms with E-state index in [-0.39, 0.29) is 10.9 Å². The van der Waals surface area contributed by atoms with Gasteiger partial charge in [0.05, 0.1) is 9.82 Å². The zero-order chi connectivity index (χ0) is 16.4. The standard InChI is InChI=1S/C16H13N3O3S/c1-10-7-8-14(13(9-10)19(20)21)23-16-18-17-15(22-16)12-6-4-3-5-11(12)2/h3-9H,1-2H3. The van der Waals surface area contributed by atoms with E-state index in [1.807, 2.05) is 44.2 Å². The lowest BCUT2D eigenvalue weighted by Crippen LogP contribution is -1.91. The molecule has 7 heteroatoms. The van der Waals surface area contributed by atoms with Crippen molar-refractivity contribution in [2.75, 3.05) is 0 Å². The Morgan fingerprint density at radius 3 is 2.65 bits per heavy atom. The predicted molar refractivity (Wildman–Crippen MR) is 86.4 cm³/mol. The Morgan fingerprint density at radius 2 is 1.91 bits per heavy atom. The van der Waals surface area contributed by atoms with E-state index in [9.17, 15) is 10.1 Å². The van der Waals surface area contributed by atoms with Crippen LogP contribution < -0.4 is 0 Å². The molecule has 0 aliphatic heterocycles. The highest BCUT2D eigenvalue weighted by Crippen LogP contribution is 2.35. The summed E-state index contributed by atoms with van der Waals surface area (Å²) in [5.41, 5.74) is 2.73. The van der Waals surface area contributed by atoms with Crippen molar-refractivity contribution < 1.29 is 9.34 Å². The van der Waals surface area contributed by atoms with E-state index in [4.69, 9.17) is 4.42 Å². The monoisotopic (exact) mass is 327 g/mol. The van der Waals surface area contributed by atoms with Crippen molar-refractivity contribution >= 4 is 17.4 Å². The van der Waals surface area contributed by atoms with Crippen LogP contribution >= 0.6 is 11.8 Å². The molecule has 23 heavy (non-hydrogen) atoms. The molecule has 116 valence electrons. The molecule has 0 N–H and O–H groups in total. The summed E-state index contributed by atoms with van der Waals surface area (Å²) in [5, 5.41) is 19.4. The second-order valence-corrected chi connectivity index (χ2v) is 6.01. The van der Waals surface area contributed by atoms with E-state index in [1.54, 1.807) is 6.07 Å². The molecule has 0 saturated carbocycles. The van der Waals surface area contributed by atoms with Crippen LogP contribution in [0.4, 0.5) is 5.69 Å². The molecule has 0 unspecified atom stereocenters. The quantitative estimate of drug-likeness (QED) is 0.521. The third-order valence-corrected chi connectivity index (χ3v) is 4.20. The average molecular weight is 327 g/mol. The van der Waals surface area contributed by atoms with Crippen LogP contribution in [0.5, 0.6) is 0 Å². The van der Waals surface area contributed by atoms with Crippen molar-refractivity contribution in [2.24, 2.45) is 0 Å². The number of hydrogen-bond acceptors (Lipinski definition) is 6. The number of nitro benzene ring substituents is 1. The van der Waals surface area contributed by atoms with Gasteiger partial charge in [-0.25, -0.2) is 0 Å². The first-order valence-electron chi connectivity index (χ1n) is 6.87. The van der Waals surface area contributed by atoms with Gasteiger partial charge in [-0.3, -0.25) is 10.1 Å². The van der Waals surface area contributed by atoms with Crippen molar-refractivity contribution in [3.8, 4) is 11.5 Å². The summed E-state index contributed by atoms with van der Waals surface area (Å²) < 4.78 is 5.64. The van der Waals surface area contributed by atoms with Crippen molar-refractivity contribution in [3.63, 3.8) is 0 Å². The topological polar surface area (TPSA) is 82.1 Å². The predicted octanol–water partition coefficient (Wildman–Crippen LogP) is 4.41. The van der Waals surface area contributed by atoms with E-state index in [1.165, 1.54) is 6.07 Å². The highest BCUT2D eigenvalue weighted by atomic mass is 32.2. The average Bonchev–Trinajstić information content (AvgIpc) is 2.97. The van der Waals surface area contributed by atoms with Crippen LogP contribution in [0, 0.1) is 24.0 Å². The van der Waals surface area contributed by atoms with Gasteiger partial charge in [0.25, 0.3) is 10.9 Å². The van der Waals surface area contributed by atoms with Gasteiger partial charge in [-0.15, -0.1) is 10.2 Å². The van der Waals surface area contributed by atoms with Gasteiger partial charge in [-0.1, -0.05) is 24.3 Å². The Labute approximate surface area is 136 Å². The SMILES string of the molecule is Cc1ccc(Sc2nnc(-c3ccccc3C)o2)c([N+](=O)[O-])c1. The van der Waals surface area contributed by atoms with Crippen LogP contribution in [0.15, 0.2) is 57.0 Å². The lowest BCUT2D eigenvalue weighted by molar-refractivity contribution is -0.387. The minimum Gasteiger partial charge on any atom is -0.411 e. The van der Waals surface area contributed by atoms with Gasteiger partial charge in [0, 0.05) is 11.6 Å². The van der Waals surface area contributed by atoms with Crippen LogP contribution in [0.3, 0.4) is 0 Å². The lowest BCUT2D eigenvalue weighted by atomic mass is 10.1. The molecule has 3 rings (SSSR count). The number of aromatic nitrogens is 2. The van der Waals surface area contributed by atoms with Crippen molar-refractivity contribution in [2.45, 2.75) is 24.0 Å². The summed E-state index contributed by atoms with van der Waals surface area (Å²) in [6.45, 7) is 3.77. The minimum atomic E-state index is -0.409. The molecule has 6 nitrogen and oxygen atoms in total. The number of nitrogens with zero attached hydrogens (tertiary/aromatic N) is 3. The summed E-state index contributed by atoms with van der Waals surface area (Å²) in [7, 11) is 0. The molecule has 0 amide bonds. The molecular formula is C16H13N3O3S. The highest BCUT2D eigenvalue weighted by Gasteiger charge is 2.18. The molecule has 0 aliphatic rings. The normalized spacial score (nSPS) is 10.7. The van der Waals surface area contributed by atoms with Gasteiger partial charge in [-0.2, -0.15) is 0 Å². The number of aryl methyl sites for hydroxylation is 2. The summed E-state index contributed by atoms with van der Waals surface area (Å²) in [5.74, 6) is 0.403. The van der Waals surface area contributed by atoms with E-state index < -0.39 is 4.92 Å². The van der Waals surface area contributed by atoms with Gasteiger partial charge in [0.15, 0.2) is 0 Å². The first kappa shape index (κ1) is 15.2. The maximum atomic E-state index is 11.2. The molecule has 2 aromatic carbocycles. The molecule has 0 spiro atoms. The van der Waals surface area contributed by atoms with Gasteiger partial charge in [0.1, 0.15) is 0 Å². The first-order valence-corrected chi connectivity index (χ1v) is 7.68. The summed E-state index contributed by atoms with van der Waals surface area (Å²) in [6, 6.07) is 12.7. The molecule has 0 aliphatic carbocycles. The minimum absolute atomic E-state index is 0.0330. The summed E-state index contributed by atoms with van der Waals surface area (Å²) in [4.78, 5) is 11.2. The Kier molecular flexibility index (Phi) is 4.12. The smallest absolute Gasteiger partial charge is 0.283 e. The fraction of sp³-hybridized carbons (Fsp3) is 0.125. The first-order chi connectivity index (χ1) is 11.0. The molecule has 0 saturated heterocycles. The third kappa shape index (κ3) is 3.24. The number of rotatable bonds is 4. The molecule has 1 aromatic heterocycles. The van der Waals surface area contributed by atoms with Crippen LogP contribution in [-0.4, -0.2) is 15.1 Å². The van der Waals surface area contributed by atoms with Crippen LogP contribution in [-0.2, 0) is 0 Å². The summed E-state index contributed by atoms with van der Waals surface area (Å²) >= 11 is 1.09. The zero-order valence-electron chi connectivity index (χ0n) is 12.5. The van der Waals surface area contributed by atoms with Crippen molar-refractivity contribution in [1.82, 2.24) is 10.2 Å². The summed E-state index contributed by atoms with van der Waals surface area (Å²) in [6.07, 6.45) is 0. The van der Waals surface area contributed by atoms with E-state index in [2.05, 4.69) is 10.2 Å². The number of benzene rings is 2. The fourth-order valence-corrected chi connectivity index (χ4v) is 2.89. The third-order valence-electron chi connectivity index (χ3n) is 3.29. The largest absolute Gasteiger partial charge is 0.411 e. The zero-order valence-corrected chi connectivity index (χ0v) is 13.3. The molecule has 0 radical (unpaired) electrons.